The highest BCUT2D eigenvalue weighted by Gasteiger charge is 2.19. The number of benzene rings is 2. The summed E-state index contributed by atoms with van der Waals surface area (Å²) in [6, 6.07) is 11.6. The first-order valence-corrected chi connectivity index (χ1v) is 9.95. The molecule has 0 fully saturated rings. The van der Waals surface area contributed by atoms with Crippen molar-refractivity contribution < 1.29 is 23.5 Å². The van der Waals surface area contributed by atoms with Gasteiger partial charge in [-0.1, -0.05) is 12.1 Å². The third kappa shape index (κ3) is 5.20. The van der Waals surface area contributed by atoms with Crippen molar-refractivity contribution >= 4 is 22.8 Å². The van der Waals surface area contributed by atoms with E-state index in [0.717, 1.165) is 39.0 Å². The molecule has 1 heterocycles. The van der Waals surface area contributed by atoms with E-state index in [4.69, 9.17) is 13.9 Å². The average molecular weight is 409 g/mol. The maximum absolute atomic E-state index is 12.3. The smallest absolute Gasteiger partial charge is 0.311 e. The number of hydrogen-bond acceptors (Lipinski definition) is 5. The van der Waals surface area contributed by atoms with Gasteiger partial charge in [-0.25, -0.2) is 0 Å². The molecule has 0 unspecified atom stereocenters. The number of fused-ring (bicyclic) bond motifs is 1. The quantitative estimate of drug-likeness (QED) is 0.571. The second-order valence-electron chi connectivity index (χ2n) is 7.39. The van der Waals surface area contributed by atoms with Gasteiger partial charge in [0.15, 0.2) is 6.10 Å². The van der Waals surface area contributed by atoms with Crippen LogP contribution < -0.4 is 10.1 Å². The number of furan rings is 1. The number of esters is 1. The van der Waals surface area contributed by atoms with Crippen molar-refractivity contribution in [1.82, 2.24) is 5.32 Å². The zero-order valence-corrected chi connectivity index (χ0v) is 17.8. The van der Waals surface area contributed by atoms with Crippen LogP contribution in [0.5, 0.6) is 5.75 Å². The molecule has 30 heavy (non-hydrogen) atoms. The number of hydrogen-bond donors (Lipinski definition) is 1. The van der Waals surface area contributed by atoms with Crippen LogP contribution in [0.15, 0.2) is 47.1 Å². The van der Waals surface area contributed by atoms with Gasteiger partial charge >= 0.3 is 5.97 Å². The number of carbonyl (C=O) groups excluding carboxylic acids is 2. The maximum Gasteiger partial charge on any atom is 0.311 e. The Bertz CT molecular complexity index is 1040. The van der Waals surface area contributed by atoms with E-state index in [0.29, 0.717) is 13.0 Å². The van der Waals surface area contributed by atoms with Crippen LogP contribution in [0.2, 0.25) is 0 Å². The van der Waals surface area contributed by atoms with Crippen molar-refractivity contribution in [3.05, 3.63) is 64.9 Å². The van der Waals surface area contributed by atoms with Crippen LogP contribution >= 0.6 is 0 Å². The Balaban J connectivity index is 1.48. The second-order valence-corrected chi connectivity index (χ2v) is 7.39. The number of aryl methyl sites for hydroxylation is 2. The molecule has 0 saturated heterocycles. The molecule has 1 aromatic heterocycles. The number of amides is 1. The summed E-state index contributed by atoms with van der Waals surface area (Å²) in [7, 11) is 1.62. The second kappa shape index (κ2) is 9.48. The van der Waals surface area contributed by atoms with E-state index in [-0.39, 0.29) is 12.3 Å². The third-order valence-corrected chi connectivity index (χ3v) is 5.15. The van der Waals surface area contributed by atoms with Gasteiger partial charge in [0.05, 0.1) is 19.8 Å². The van der Waals surface area contributed by atoms with Crippen LogP contribution in [0.4, 0.5) is 0 Å². The van der Waals surface area contributed by atoms with Crippen LogP contribution in [-0.2, 0) is 27.2 Å². The molecule has 1 amide bonds. The minimum absolute atomic E-state index is 0.0545. The van der Waals surface area contributed by atoms with Gasteiger partial charge < -0.3 is 19.2 Å². The van der Waals surface area contributed by atoms with Crippen molar-refractivity contribution in [3.63, 3.8) is 0 Å². The molecule has 0 aliphatic carbocycles. The fourth-order valence-corrected chi connectivity index (χ4v) is 3.19. The van der Waals surface area contributed by atoms with Crippen molar-refractivity contribution in [3.8, 4) is 5.75 Å². The first-order chi connectivity index (χ1) is 14.4. The van der Waals surface area contributed by atoms with Gasteiger partial charge in [-0.2, -0.15) is 0 Å². The summed E-state index contributed by atoms with van der Waals surface area (Å²) in [6.07, 6.45) is 1.44. The zero-order chi connectivity index (χ0) is 21.7. The summed E-state index contributed by atoms with van der Waals surface area (Å²) in [5, 5.41) is 3.70. The van der Waals surface area contributed by atoms with Gasteiger partial charge in [-0.3, -0.25) is 9.59 Å². The van der Waals surface area contributed by atoms with Gasteiger partial charge in [0.2, 0.25) is 0 Å². The lowest BCUT2D eigenvalue weighted by molar-refractivity contribution is -0.154. The molecule has 1 atom stereocenters. The van der Waals surface area contributed by atoms with Crippen molar-refractivity contribution in [2.24, 2.45) is 0 Å². The highest BCUT2D eigenvalue weighted by molar-refractivity contribution is 5.88. The molecule has 6 nitrogen and oxygen atoms in total. The Hall–Kier alpha value is -3.28. The first kappa shape index (κ1) is 21.4. The summed E-state index contributed by atoms with van der Waals surface area (Å²) in [6.45, 7) is 6.06. The molecule has 0 saturated carbocycles. The highest BCUT2D eigenvalue weighted by Crippen LogP contribution is 2.25. The number of nitrogens with one attached hydrogen (secondary N) is 1. The molecule has 0 bridgehead atoms. The lowest BCUT2D eigenvalue weighted by Crippen LogP contribution is -2.37. The van der Waals surface area contributed by atoms with E-state index in [1.54, 1.807) is 20.3 Å². The van der Waals surface area contributed by atoms with E-state index in [2.05, 4.69) is 5.32 Å². The molecule has 158 valence electrons. The van der Waals surface area contributed by atoms with Crippen LogP contribution in [-0.4, -0.2) is 31.6 Å². The molecule has 2 aromatic carbocycles. The normalized spacial score (nSPS) is 11.9. The Morgan fingerprint density at radius 3 is 2.50 bits per heavy atom. The minimum Gasteiger partial charge on any atom is -0.497 e. The van der Waals surface area contributed by atoms with Crippen molar-refractivity contribution in [2.45, 2.75) is 39.7 Å². The average Bonchev–Trinajstić information content (AvgIpc) is 3.09. The van der Waals surface area contributed by atoms with Gasteiger partial charge in [-0.15, -0.1) is 0 Å². The number of methoxy groups -OCH3 is 1. The first-order valence-electron chi connectivity index (χ1n) is 9.95. The third-order valence-electron chi connectivity index (χ3n) is 5.15. The maximum atomic E-state index is 12.3. The molecular formula is C24H27NO5. The Kier molecular flexibility index (Phi) is 6.77. The van der Waals surface area contributed by atoms with Gasteiger partial charge in [-0.05, 0) is 68.1 Å². The van der Waals surface area contributed by atoms with E-state index >= 15 is 0 Å². The Labute approximate surface area is 176 Å². The summed E-state index contributed by atoms with van der Waals surface area (Å²) in [4.78, 5) is 24.6. The summed E-state index contributed by atoms with van der Waals surface area (Å²) in [5.41, 5.74) is 4.84. The van der Waals surface area contributed by atoms with Crippen LogP contribution in [0.25, 0.3) is 11.0 Å². The topological polar surface area (TPSA) is 77.8 Å². The van der Waals surface area contributed by atoms with E-state index in [1.165, 1.54) is 0 Å². The van der Waals surface area contributed by atoms with E-state index in [1.807, 2.05) is 50.2 Å². The molecule has 0 aliphatic rings. The monoisotopic (exact) mass is 409 g/mol. The molecule has 1 N–H and O–H groups in total. The van der Waals surface area contributed by atoms with E-state index in [9.17, 15) is 9.59 Å². The fourth-order valence-electron chi connectivity index (χ4n) is 3.19. The lowest BCUT2D eigenvalue weighted by Gasteiger charge is -2.13. The predicted molar refractivity (Wildman–Crippen MR) is 115 cm³/mol. The van der Waals surface area contributed by atoms with Crippen LogP contribution in [0.1, 0.15) is 29.2 Å². The molecule has 3 aromatic rings. The SMILES string of the molecule is COc1ccc(CCNC(=O)[C@H](C)OC(=O)Cc2coc3cc(C)c(C)cc23)cc1. The van der Waals surface area contributed by atoms with E-state index < -0.39 is 12.1 Å². The standard InChI is InChI=1S/C24H27NO5/c1-15-11-21-19(14-29-22(21)12-16(15)2)13-23(26)30-17(3)24(27)25-10-9-18-5-7-20(28-4)8-6-18/h5-8,11-12,14,17H,9-10,13H2,1-4H3,(H,25,27)/t17-/m0/s1. The molecule has 3 rings (SSSR count). The molecule has 0 radical (unpaired) electrons. The molecule has 0 aliphatic heterocycles. The Morgan fingerprint density at radius 1 is 1.10 bits per heavy atom. The van der Waals surface area contributed by atoms with Crippen molar-refractivity contribution in [2.75, 3.05) is 13.7 Å². The highest BCUT2D eigenvalue weighted by atomic mass is 16.5. The summed E-state index contributed by atoms with van der Waals surface area (Å²) >= 11 is 0. The summed E-state index contributed by atoms with van der Waals surface area (Å²) < 4.78 is 16.0. The molecule has 0 spiro atoms. The van der Waals surface area contributed by atoms with Gasteiger partial charge in [0, 0.05) is 17.5 Å². The number of ether oxygens (including phenoxy) is 2. The minimum atomic E-state index is -0.865. The number of rotatable bonds is 8. The molecule has 6 heteroatoms. The van der Waals surface area contributed by atoms with Gasteiger partial charge in [0.25, 0.3) is 5.91 Å². The zero-order valence-electron chi connectivity index (χ0n) is 17.8. The van der Waals surface area contributed by atoms with Gasteiger partial charge in [0.1, 0.15) is 11.3 Å². The summed E-state index contributed by atoms with van der Waals surface area (Å²) in [5.74, 6) is 0.00753. The number of carbonyl (C=O) groups is 2. The Morgan fingerprint density at radius 2 is 1.80 bits per heavy atom. The molecular weight excluding hydrogens is 382 g/mol. The van der Waals surface area contributed by atoms with Crippen LogP contribution in [0, 0.1) is 13.8 Å². The largest absolute Gasteiger partial charge is 0.497 e. The predicted octanol–water partition coefficient (Wildman–Crippen LogP) is 3.89. The van der Waals surface area contributed by atoms with Crippen molar-refractivity contribution in [1.29, 1.82) is 0 Å². The fraction of sp³-hybridized carbons (Fsp3) is 0.333. The van der Waals surface area contributed by atoms with Crippen LogP contribution in [0.3, 0.4) is 0 Å². The lowest BCUT2D eigenvalue weighted by atomic mass is 10.0.